The average molecular weight is 681 g/mol. The van der Waals surface area contributed by atoms with Gasteiger partial charge in [0.25, 0.3) is 0 Å². The molecular weight excluding hydrogens is 611 g/mol. The van der Waals surface area contributed by atoms with Crippen LogP contribution < -0.4 is 0 Å². The SMILES string of the molecule is CCCCCCCCCCCC[O][Al-]1[O][C@@H](CCCCCCCCOCc2ccccc2)[C@@H](CCCCCCOCc2ccccc2)[O]1. The van der Waals surface area contributed by atoms with Gasteiger partial charge in [0.05, 0.1) is 13.2 Å². The van der Waals surface area contributed by atoms with Gasteiger partial charge in [-0.15, -0.1) is 0 Å². The lowest BCUT2D eigenvalue weighted by molar-refractivity contribution is 0.115. The number of rotatable bonds is 32. The summed E-state index contributed by atoms with van der Waals surface area (Å²) in [6.07, 6.45) is 28.3. The molecule has 0 bridgehead atoms. The van der Waals surface area contributed by atoms with Crippen LogP contribution in [0, 0.1) is 0 Å². The normalized spacial score (nSPS) is 16.6. The Labute approximate surface area is 300 Å². The van der Waals surface area contributed by atoms with Gasteiger partial charge in [-0.05, 0) is 49.8 Å². The molecule has 48 heavy (non-hydrogen) atoms. The van der Waals surface area contributed by atoms with Crippen molar-refractivity contribution in [2.75, 3.05) is 19.8 Å². The lowest BCUT2D eigenvalue weighted by Crippen LogP contribution is -2.22. The Bertz CT molecular complexity index is 961. The van der Waals surface area contributed by atoms with Crippen LogP contribution in [0.1, 0.15) is 159 Å². The second-order valence-corrected chi connectivity index (χ2v) is 15.3. The first-order valence-corrected chi connectivity index (χ1v) is 21.4. The predicted molar refractivity (Wildman–Crippen MR) is 201 cm³/mol. The summed E-state index contributed by atoms with van der Waals surface area (Å²) in [6.45, 7) is 6.21. The molecule has 0 unspecified atom stereocenters. The molecule has 1 aliphatic heterocycles. The Morgan fingerprint density at radius 1 is 0.458 bits per heavy atom. The van der Waals surface area contributed by atoms with Crippen molar-refractivity contribution in [2.45, 2.75) is 174 Å². The number of ether oxygens (including phenoxy) is 2. The van der Waals surface area contributed by atoms with Crippen LogP contribution in [-0.4, -0.2) is 47.2 Å². The molecule has 2 aromatic rings. The van der Waals surface area contributed by atoms with E-state index >= 15 is 0 Å². The van der Waals surface area contributed by atoms with Crippen molar-refractivity contribution in [3.05, 3.63) is 71.8 Å². The first kappa shape index (κ1) is 41.2. The number of hydrogen-bond donors (Lipinski definition) is 0. The van der Waals surface area contributed by atoms with Crippen molar-refractivity contribution in [2.24, 2.45) is 0 Å². The van der Waals surface area contributed by atoms with E-state index in [9.17, 15) is 0 Å². The molecule has 1 heterocycles. The largest absolute Gasteiger partial charge is 0.634 e. The van der Waals surface area contributed by atoms with Crippen LogP contribution in [0.5, 0.6) is 0 Å². The lowest BCUT2D eigenvalue weighted by atomic mass is 10.00. The summed E-state index contributed by atoms with van der Waals surface area (Å²) in [5, 5.41) is 0. The van der Waals surface area contributed by atoms with Crippen molar-refractivity contribution >= 4 is 15.1 Å². The van der Waals surface area contributed by atoms with Gasteiger partial charge in [0.15, 0.2) is 0 Å². The van der Waals surface area contributed by atoms with Crippen molar-refractivity contribution in [3.63, 3.8) is 0 Å². The van der Waals surface area contributed by atoms with Gasteiger partial charge in [-0.1, -0.05) is 177 Å². The molecule has 0 amide bonds. The first-order chi connectivity index (χ1) is 23.8. The third kappa shape index (κ3) is 21.1. The summed E-state index contributed by atoms with van der Waals surface area (Å²) in [4.78, 5) is 0. The lowest BCUT2D eigenvalue weighted by Gasteiger charge is -2.24. The summed E-state index contributed by atoms with van der Waals surface area (Å²) >= 11 is -2.02. The van der Waals surface area contributed by atoms with E-state index in [1.54, 1.807) is 0 Å². The van der Waals surface area contributed by atoms with Crippen molar-refractivity contribution in [1.82, 2.24) is 0 Å². The molecule has 0 N–H and O–H groups in total. The number of hydrogen-bond acceptors (Lipinski definition) is 5. The number of benzene rings is 2. The smallest absolute Gasteiger partial charge is 0.559 e. The molecule has 3 rings (SSSR count). The predicted octanol–water partition coefficient (Wildman–Crippen LogP) is 11.8. The minimum atomic E-state index is -2.02. The maximum atomic E-state index is 6.48. The molecule has 2 atom stereocenters. The van der Waals surface area contributed by atoms with Crippen molar-refractivity contribution < 1.29 is 20.8 Å². The van der Waals surface area contributed by atoms with Crippen LogP contribution in [-0.2, 0) is 34.1 Å². The highest BCUT2D eigenvalue weighted by molar-refractivity contribution is 6.37. The summed E-state index contributed by atoms with van der Waals surface area (Å²) < 4.78 is 30.9. The third-order valence-electron chi connectivity index (χ3n) is 9.52. The molecule has 0 aliphatic carbocycles. The van der Waals surface area contributed by atoms with Gasteiger partial charge in [0.1, 0.15) is 0 Å². The zero-order valence-corrected chi connectivity index (χ0v) is 31.8. The second-order valence-electron chi connectivity index (χ2n) is 13.9. The van der Waals surface area contributed by atoms with Crippen LogP contribution in [0.4, 0.5) is 0 Å². The molecule has 1 fully saturated rings. The molecule has 6 heteroatoms. The second kappa shape index (κ2) is 29.5. The van der Waals surface area contributed by atoms with E-state index in [1.807, 2.05) is 0 Å². The Morgan fingerprint density at radius 3 is 1.27 bits per heavy atom. The van der Waals surface area contributed by atoms with E-state index in [0.717, 1.165) is 58.5 Å². The van der Waals surface area contributed by atoms with Crippen LogP contribution in [0.25, 0.3) is 0 Å². The summed E-state index contributed by atoms with van der Waals surface area (Å²) in [7, 11) is 0. The molecule has 1 aliphatic rings. The van der Waals surface area contributed by atoms with Gasteiger partial charge in [0, 0.05) is 25.4 Å². The highest BCUT2D eigenvalue weighted by Gasteiger charge is 2.31. The highest BCUT2D eigenvalue weighted by Crippen LogP contribution is 2.27. The minimum absolute atomic E-state index is 0.213. The molecular formula is C42H69AlO5-. The minimum Gasteiger partial charge on any atom is -0.634 e. The molecule has 0 spiro atoms. The van der Waals surface area contributed by atoms with Gasteiger partial charge >= 0.3 is 15.1 Å². The van der Waals surface area contributed by atoms with Crippen LogP contribution in [0.3, 0.4) is 0 Å². The standard InChI is InChI=1S/C30H44O4.C12H25O.Al/c31-29(21-13-3-1-2-5-15-23-33-25-27-17-9-7-10-18-27)30(32)22-14-4-6-16-24-34-26-28-19-11-8-12-20-28;1-2-3-4-5-6-7-8-9-10-11-12-13;/h7-12,17-20,29-30H,1-6,13-16,21-26H2;2-12H2,1H3;/q-2;-1;+2/t29-,30+;;/m0../s1. The summed E-state index contributed by atoms with van der Waals surface area (Å²) in [5.74, 6) is 0. The van der Waals surface area contributed by atoms with Gasteiger partial charge in [-0.25, -0.2) is 0 Å². The van der Waals surface area contributed by atoms with E-state index < -0.39 is 15.1 Å². The van der Waals surface area contributed by atoms with Crippen LogP contribution in [0.2, 0.25) is 0 Å². The quantitative estimate of drug-likeness (QED) is 0.0568. The summed E-state index contributed by atoms with van der Waals surface area (Å²) in [6, 6.07) is 20.9. The molecule has 1 saturated heterocycles. The molecule has 0 aromatic heterocycles. The van der Waals surface area contributed by atoms with Crippen molar-refractivity contribution in [1.29, 1.82) is 0 Å². The fourth-order valence-corrected chi connectivity index (χ4v) is 8.31. The Morgan fingerprint density at radius 2 is 0.833 bits per heavy atom. The average Bonchev–Trinajstić information content (AvgIpc) is 3.51. The van der Waals surface area contributed by atoms with Crippen LogP contribution >= 0.6 is 0 Å². The fraction of sp³-hybridized carbons (Fsp3) is 0.714. The Hall–Kier alpha value is -1.23. The Balaban J connectivity index is 1.23. The monoisotopic (exact) mass is 680 g/mol. The van der Waals surface area contributed by atoms with E-state index in [1.165, 1.54) is 120 Å². The molecule has 5 nitrogen and oxygen atoms in total. The maximum absolute atomic E-state index is 6.48. The van der Waals surface area contributed by atoms with E-state index in [4.69, 9.17) is 20.8 Å². The van der Waals surface area contributed by atoms with E-state index in [0.29, 0.717) is 6.61 Å². The molecule has 1 radical (unpaired) electrons. The van der Waals surface area contributed by atoms with Crippen molar-refractivity contribution in [3.8, 4) is 0 Å². The first-order valence-electron chi connectivity index (χ1n) is 20.0. The van der Waals surface area contributed by atoms with Gasteiger partial charge < -0.3 is 20.8 Å². The molecule has 0 saturated carbocycles. The highest BCUT2D eigenvalue weighted by atomic mass is 27.3. The molecule has 2 aromatic carbocycles. The summed E-state index contributed by atoms with van der Waals surface area (Å²) in [5.41, 5.74) is 2.51. The fourth-order valence-electron chi connectivity index (χ4n) is 6.54. The van der Waals surface area contributed by atoms with Gasteiger partial charge in [-0.3, -0.25) is 0 Å². The third-order valence-corrected chi connectivity index (χ3v) is 11.2. The van der Waals surface area contributed by atoms with Gasteiger partial charge in [0.2, 0.25) is 0 Å². The van der Waals surface area contributed by atoms with Crippen LogP contribution in [0.15, 0.2) is 60.7 Å². The molecule has 271 valence electrons. The zero-order valence-electron chi connectivity index (χ0n) is 30.6. The van der Waals surface area contributed by atoms with E-state index in [2.05, 4.69) is 67.6 Å². The maximum Gasteiger partial charge on any atom is 0.559 e. The van der Waals surface area contributed by atoms with Gasteiger partial charge in [-0.2, -0.15) is 0 Å². The Kier molecular flexibility index (Phi) is 25.3. The topological polar surface area (TPSA) is 46.2 Å². The van der Waals surface area contributed by atoms with E-state index in [-0.39, 0.29) is 12.2 Å². The zero-order chi connectivity index (χ0) is 33.6. The number of unbranched alkanes of at least 4 members (excludes halogenated alkanes) is 17.